The smallest absolute Gasteiger partial charge is 0.283 e. The van der Waals surface area contributed by atoms with Crippen molar-refractivity contribution in [3.05, 3.63) is 94.5 Å². The van der Waals surface area contributed by atoms with Gasteiger partial charge >= 0.3 is 0 Å². The van der Waals surface area contributed by atoms with Crippen LogP contribution in [0.25, 0.3) is 0 Å². The lowest BCUT2D eigenvalue weighted by molar-refractivity contribution is -0.120. The molecule has 0 bridgehead atoms. The Morgan fingerprint density at radius 2 is 1.55 bits per heavy atom. The minimum Gasteiger partial charge on any atom is -0.497 e. The second kappa shape index (κ2) is 8.70. The molecule has 0 unspecified atom stereocenters. The van der Waals surface area contributed by atoms with Crippen molar-refractivity contribution in [1.82, 2.24) is 0 Å². The Bertz CT molecular complexity index is 1170. The highest BCUT2D eigenvalue weighted by Gasteiger charge is 2.40. The summed E-state index contributed by atoms with van der Waals surface area (Å²) in [4.78, 5) is 29.2. The lowest BCUT2D eigenvalue weighted by Crippen LogP contribution is -2.32. The molecule has 1 aliphatic heterocycles. The maximum Gasteiger partial charge on any atom is 0.283 e. The lowest BCUT2D eigenvalue weighted by atomic mass is 10.2. The summed E-state index contributed by atoms with van der Waals surface area (Å²) in [5, 5.41) is 3.19. The second-order valence-corrected chi connectivity index (χ2v) is 8.34. The molecule has 5 nitrogen and oxygen atoms in total. The maximum absolute atomic E-state index is 13.4. The van der Waals surface area contributed by atoms with Crippen molar-refractivity contribution >= 4 is 35.0 Å². The minimum absolute atomic E-state index is 0.275. The van der Waals surface area contributed by atoms with Gasteiger partial charge in [0.15, 0.2) is 0 Å². The molecule has 3 aromatic carbocycles. The minimum atomic E-state index is -0.383. The number of anilines is 2. The van der Waals surface area contributed by atoms with Gasteiger partial charge in [0.05, 0.1) is 12.8 Å². The largest absolute Gasteiger partial charge is 0.497 e. The van der Waals surface area contributed by atoms with Crippen LogP contribution in [0.1, 0.15) is 11.1 Å². The summed E-state index contributed by atoms with van der Waals surface area (Å²) in [7, 11) is 1.57. The zero-order chi connectivity index (χ0) is 22.0. The van der Waals surface area contributed by atoms with Crippen LogP contribution in [0.2, 0.25) is 0 Å². The van der Waals surface area contributed by atoms with Gasteiger partial charge < -0.3 is 10.1 Å². The van der Waals surface area contributed by atoms with Crippen LogP contribution in [-0.4, -0.2) is 18.9 Å². The van der Waals surface area contributed by atoms with Crippen LogP contribution < -0.4 is 15.0 Å². The van der Waals surface area contributed by atoms with Gasteiger partial charge in [0.1, 0.15) is 16.4 Å². The Morgan fingerprint density at radius 3 is 2.19 bits per heavy atom. The molecule has 0 saturated heterocycles. The van der Waals surface area contributed by atoms with E-state index >= 15 is 0 Å². The van der Waals surface area contributed by atoms with Gasteiger partial charge in [0.25, 0.3) is 11.8 Å². The Balaban J connectivity index is 1.73. The molecule has 31 heavy (non-hydrogen) atoms. The molecule has 6 heteroatoms. The average molecular weight is 431 g/mol. The Labute approximate surface area is 185 Å². The number of benzene rings is 3. The molecule has 1 heterocycles. The quantitative estimate of drug-likeness (QED) is 0.538. The molecule has 3 aromatic rings. The van der Waals surface area contributed by atoms with E-state index in [1.165, 1.54) is 16.7 Å². The Morgan fingerprint density at radius 1 is 0.839 bits per heavy atom. The van der Waals surface area contributed by atoms with E-state index < -0.39 is 0 Å². The molecule has 0 saturated carbocycles. The molecule has 0 aliphatic carbocycles. The summed E-state index contributed by atoms with van der Waals surface area (Å²) in [6.45, 7) is 3.99. The van der Waals surface area contributed by atoms with Gasteiger partial charge in [-0.2, -0.15) is 0 Å². The Kier molecular flexibility index (Phi) is 5.82. The van der Waals surface area contributed by atoms with E-state index in [9.17, 15) is 9.59 Å². The second-order valence-electron chi connectivity index (χ2n) is 7.26. The highest BCUT2D eigenvalue weighted by Crippen LogP contribution is 2.38. The lowest BCUT2D eigenvalue weighted by Gasteiger charge is -2.15. The predicted molar refractivity (Wildman–Crippen MR) is 124 cm³/mol. The summed E-state index contributed by atoms with van der Waals surface area (Å²) >= 11 is 1.29. The maximum atomic E-state index is 13.4. The van der Waals surface area contributed by atoms with Gasteiger partial charge in [-0.05, 0) is 67.9 Å². The molecule has 1 aliphatic rings. The summed E-state index contributed by atoms with van der Waals surface area (Å²) in [6.07, 6.45) is 0. The Hall–Kier alpha value is -3.51. The summed E-state index contributed by atoms with van der Waals surface area (Å²) < 4.78 is 5.19. The molecule has 0 atom stereocenters. The van der Waals surface area contributed by atoms with E-state index in [1.807, 2.05) is 62.4 Å². The van der Waals surface area contributed by atoms with Crippen molar-refractivity contribution in [2.24, 2.45) is 0 Å². The normalized spacial score (nSPS) is 13.7. The highest BCUT2D eigenvalue weighted by molar-refractivity contribution is 8.04. The number of carbonyl (C=O) groups is 2. The van der Waals surface area contributed by atoms with Crippen molar-refractivity contribution < 1.29 is 14.3 Å². The zero-order valence-electron chi connectivity index (χ0n) is 17.5. The van der Waals surface area contributed by atoms with Crippen LogP contribution in [0.5, 0.6) is 5.75 Å². The highest BCUT2D eigenvalue weighted by atomic mass is 32.2. The molecule has 156 valence electrons. The number of carbonyl (C=O) groups excluding carboxylic acids is 2. The third-order valence-corrected chi connectivity index (χ3v) is 5.99. The van der Waals surface area contributed by atoms with Gasteiger partial charge in [-0.3, -0.25) is 9.59 Å². The van der Waals surface area contributed by atoms with Crippen molar-refractivity contribution in [3.8, 4) is 5.75 Å². The number of nitrogens with one attached hydrogen (secondary N) is 1. The number of nitrogens with zero attached hydrogens (tertiary/aromatic N) is 1. The number of hydrogen-bond donors (Lipinski definition) is 1. The van der Waals surface area contributed by atoms with Gasteiger partial charge in [-0.25, -0.2) is 4.90 Å². The van der Waals surface area contributed by atoms with E-state index in [1.54, 1.807) is 31.4 Å². The molecule has 0 spiro atoms. The van der Waals surface area contributed by atoms with E-state index in [0.717, 1.165) is 21.7 Å². The fraction of sp³-hybridized carbons (Fsp3) is 0.120. The fourth-order valence-electron chi connectivity index (χ4n) is 3.27. The van der Waals surface area contributed by atoms with Crippen molar-refractivity contribution in [1.29, 1.82) is 0 Å². The van der Waals surface area contributed by atoms with Crippen LogP contribution in [0.4, 0.5) is 11.4 Å². The molecule has 0 fully saturated rings. The molecule has 0 radical (unpaired) electrons. The van der Waals surface area contributed by atoms with E-state index in [4.69, 9.17) is 4.74 Å². The van der Waals surface area contributed by atoms with Gasteiger partial charge in [0.2, 0.25) is 0 Å². The van der Waals surface area contributed by atoms with Gasteiger partial charge in [-0.1, -0.05) is 41.6 Å². The van der Waals surface area contributed by atoms with Crippen molar-refractivity contribution in [3.63, 3.8) is 0 Å². The van der Waals surface area contributed by atoms with Crippen LogP contribution in [-0.2, 0) is 9.59 Å². The van der Waals surface area contributed by atoms with E-state index in [-0.39, 0.29) is 17.5 Å². The molecule has 1 N–H and O–H groups in total. The molecule has 0 aromatic heterocycles. The third kappa shape index (κ3) is 4.34. The average Bonchev–Trinajstić information content (AvgIpc) is 2.99. The molecule has 4 rings (SSSR count). The predicted octanol–water partition coefficient (Wildman–Crippen LogP) is 5.30. The third-order valence-electron chi connectivity index (χ3n) is 4.90. The fourth-order valence-corrected chi connectivity index (χ4v) is 4.20. The first kappa shape index (κ1) is 20.8. The first-order valence-corrected chi connectivity index (χ1v) is 10.6. The van der Waals surface area contributed by atoms with Crippen molar-refractivity contribution in [2.75, 3.05) is 17.3 Å². The number of hydrogen-bond acceptors (Lipinski definition) is 5. The number of imide groups is 1. The first-order valence-electron chi connectivity index (χ1n) is 9.81. The van der Waals surface area contributed by atoms with E-state index in [2.05, 4.69) is 5.32 Å². The number of thioether (sulfide) groups is 1. The van der Waals surface area contributed by atoms with Gasteiger partial charge in [-0.15, -0.1) is 0 Å². The topological polar surface area (TPSA) is 58.6 Å². The van der Waals surface area contributed by atoms with Crippen molar-refractivity contribution in [2.45, 2.75) is 18.7 Å². The van der Waals surface area contributed by atoms with Crippen LogP contribution >= 0.6 is 11.8 Å². The SMILES string of the molecule is COc1ccc(N2C(=O)C(Nc3cccc(C)c3)=C(Sc3ccc(C)cc3)C2=O)cc1. The number of rotatable bonds is 6. The summed E-state index contributed by atoms with van der Waals surface area (Å²) in [5.74, 6) is -0.0784. The van der Waals surface area contributed by atoms with Crippen LogP contribution in [0, 0.1) is 13.8 Å². The van der Waals surface area contributed by atoms with Crippen LogP contribution in [0.15, 0.2) is 88.3 Å². The summed E-state index contributed by atoms with van der Waals surface area (Å²) in [5.41, 5.74) is 3.72. The zero-order valence-corrected chi connectivity index (χ0v) is 18.3. The standard InChI is InChI=1S/C25H22N2O3S/c1-16-7-13-21(14-8-16)31-23-22(26-18-6-4-5-17(2)15-18)24(28)27(25(23)29)19-9-11-20(30-3)12-10-19/h4-15,26H,1-3H3. The summed E-state index contributed by atoms with van der Waals surface area (Å²) in [6, 6.07) is 22.5. The monoisotopic (exact) mass is 430 g/mol. The van der Waals surface area contributed by atoms with Gasteiger partial charge in [0, 0.05) is 10.6 Å². The van der Waals surface area contributed by atoms with Crippen LogP contribution in [0.3, 0.4) is 0 Å². The number of ether oxygens (including phenoxy) is 1. The number of aryl methyl sites for hydroxylation is 2. The molecular formula is C25H22N2O3S. The number of methoxy groups -OCH3 is 1. The number of amides is 2. The van der Waals surface area contributed by atoms with E-state index in [0.29, 0.717) is 16.3 Å². The first-order chi connectivity index (χ1) is 15.0. The molecular weight excluding hydrogens is 408 g/mol. The molecule has 2 amide bonds.